The number of aromatic amines is 1. The Labute approximate surface area is 183 Å². The standard InChI is InChI=1S/C25H29ClN4/c1-18-15-25(28-27-18)24-17-22(7-8-23(24)19-5-4-6-20(26)16-19)30-13-9-21(10-14-30)29-11-2-3-12-29/h4-8,15-17,21H,2-3,9-14H2,1H3,(H,27,28). The molecule has 0 amide bonds. The van der Waals surface area contributed by atoms with E-state index in [1.54, 1.807) is 0 Å². The molecule has 2 aromatic carbocycles. The predicted octanol–water partition coefficient (Wildman–Crippen LogP) is 5.77. The van der Waals surface area contributed by atoms with Gasteiger partial charge in [-0.2, -0.15) is 5.10 Å². The van der Waals surface area contributed by atoms with E-state index in [1.807, 2.05) is 25.1 Å². The van der Waals surface area contributed by atoms with Gasteiger partial charge in [-0.3, -0.25) is 5.10 Å². The Hall–Kier alpha value is -2.30. The summed E-state index contributed by atoms with van der Waals surface area (Å²) >= 11 is 6.28. The summed E-state index contributed by atoms with van der Waals surface area (Å²) < 4.78 is 0. The first kappa shape index (κ1) is 19.7. The molecule has 2 saturated heterocycles. The average molecular weight is 421 g/mol. The van der Waals surface area contributed by atoms with Crippen molar-refractivity contribution in [1.29, 1.82) is 0 Å². The molecule has 0 aliphatic carbocycles. The van der Waals surface area contributed by atoms with Crippen molar-refractivity contribution in [3.63, 3.8) is 0 Å². The molecular weight excluding hydrogens is 392 g/mol. The van der Waals surface area contributed by atoms with Crippen molar-refractivity contribution in [2.75, 3.05) is 31.1 Å². The maximum absolute atomic E-state index is 6.28. The van der Waals surface area contributed by atoms with Crippen LogP contribution in [0.3, 0.4) is 0 Å². The molecule has 2 aliphatic rings. The van der Waals surface area contributed by atoms with Gasteiger partial charge < -0.3 is 9.80 Å². The lowest BCUT2D eigenvalue weighted by Crippen LogP contribution is -2.43. The van der Waals surface area contributed by atoms with Gasteiger partial charge >= 0.3 is 0 Å². The summed E-state index contributed by atoms with van der Waals surface area (Å²) in [5, 5.41) is 8.41. The Kier molecular flexibility index (Phi) is 5.53. The molecule has 5 heteroatoms. The first-order valence-electron chi connectivity index (χ1n) is 11.1. The molecule has 1 N–H and O–H groups in total. The van der Waals surface area contributed by atoms with Crippen LogP contribution in [-0.2, 0) is 0 Å². The van der Waals surface area contributed by atoms with Crippen molar-refractivity contribution in [2.45, 2.75) is 38.6 Å². The number of aryl methyl sites for hydroxylation is 1. The minimum Gasteiger partial charge on any atom is -0.371 e. The maximum Gasteiger partial charge on any atom is 0.0930 e. The van der Waals surface area contributed by atoms with E-state index < -0.39 is 0 Å². The number of anilines is 1. The molecule has 1 aromatic heterocycles. The minimum atomic E-state index is 0.754. The van der Waals surface area contributed by atoms with Crippen LogP contribution in [0.2, 0.25) is 5.02 Å². The van der Waals surface area contributed by atoms with E-state index in [-0.39, 0.29) is 0 Å². The summed E-state index contributed by atoms with van der Waals surface area (Å²) in [4.78, 5) is 5.24. The number of H-pyrrole nitrogens is 1. The van der Waals surface area contributed by atoms with Crippen LogP contribution >= 0.6 is 11.6 Å². The molecule has 0 unspecified atom stereocenters. The van der Waals surface area contributed by atoms with Crippen LogP contribution in [0.25, 0.3) is 22.4 Å². The van der Waals surface area contributed by atoms with E-state index in [2.05, 4.69) is 50.3 Å². The Morgan fingerprint density at radius 2 is 1.73 bits per heavy atom. The van der Waals surface area contributed by atoms with Gasteiger partial charge in [-0.05, 0) is 87.2 Å². The number of likely N-dealkylation sites (tertiary alicyclic amines) is 1. The summed E-state index contributed by atoms with van der Waals surface area (Å²) in [7, 11) is 0. The quantitative estimate of drug-likeness (QED) is 0.581. The third-order valence-corrected chi connectivity index (χ3v) is 6.84. The molecule has 30 heavy (non-hydrogen) atoms. The smallest absolute Gasteiger partial charge is 0.0930 e. The number of hydrogen-bond donors (Lipinski definition) is 1. The second-order valence-electron chi connectivity index (χ2n) is 8.64. The maximum atomic E-state index is 6.28. The number of hydrogen-bond acceptors (Lipinski definition) is 3. The lowest BCUT2D eigenvalue weighted by atomic mass is 9.95. The zero-order chi connectivity index (χ0) is 20.5. The van der Waals surface area contributed by atoms with Gasteiger partial charge in [0.1, 0.15) is 0 Å². The normalized spacial score (nSPS) is 18.3. The molecule has 2 aliphatic heterocycles. The molecule has 156 valence electrons. The van der Waals surface area contributed by atoms with E-state index in [9.17, 15) is 0 Å². The van der Waals surface area contributed by atoms with Crippen LogP contribution in [0.4, 0.5) is 5.69 Å². The van der Waals surface area contributed by atoms with E-state index in [0.29, 0.717) is 0 Å². The van der Waals surface area contributed by atoms with Gasteiger partial charge in [0, 0.05) is 41.1 Å². The Morgan fingerprint density at radius 3 is 2.43 bits per heavy atom. The highest BCUT2D eigenvalue weighted by atomic mass is 35.5. The Bertz CT molecular complexity index is 1010. The van der Waals surface area contributed by atoms with Crippen molar-refractivity contribution in [3.05, 3.63) is 59.2 Å². The molecule has 0 radical (unpaired) electrons. The first-order chi connectivity index (χ1) is 14.7. The fraction of sp³-hybridized carbons (Fsp3) is 0.400. The van der Waals surface area contributed by atoms with E-state index in [4.69, 9.17) is 11.6 Å². The number of nitrogens with zero attached hydrogens (tertiary/aromatic N) is 3. The molecule has 5 rings (SSSR count). The molecule has 4 nitrogen and oxygen atoms in total. The van der Waals surface area contributed by atoms with Gasteiger partial charge in [-0.1, -0.05) is 29.8 Å². The zero-order valence-electron chi connectivity index (χ0n) is 17.6. The van der Waals surface area contributed by atoms with Crippen molar-refractivity contribution >= 4 is 17.3 Å². The van der Waals surface area contributed by atoms with Crippen LogP contribution in [0.15, 0.2) is 48.5 Å². The third-order valence-electron chi connectivity index (χ3n) is 6.61. The van der Waals surface area contributed by atoms with Crippen LogP contribution in [0.1, 0.15) is 31.4 Å². The van der Waals surface area contributed by atoms with Gasteiger partial charge in [-0.25, -0.2) is 0 Å². The Morgan fingerprint density at radius 1 is 0.933 bits per heavy atom. The average Bonchev–Trinajstić information content (AvgIpc) is 3.46. The van der Waals surface area contributed by atoms with E-state index >= 15 is 0 Å². The molecule has 0 saturated carbocycles. The lowest BCUT2D eigenvalue weighted by Gasteiger charge is -2.38. The Balaban J connectivity index is 1.44. The lowest BCUT2D eigenvalue weighted by molar-refractivity contribution is 0.208. The second kappa shape index (κ2) is 8.44. The zero-order valence-corrected chi connectivity index (χ0v) is 18.3. The topological polar surface area (TPSA) is 35.2 Å². The fourth-order valence-corrected chi connectivity index (χ4v) is 5.19. The number of halogens is 1. The largest absolute Gasteiger partial charge is 0.371 e. The first-order valence-corrected chi connectivity index (χ1v) is 11.5. The summed E-state index contributed by atoms with van der Waals surface area (Å²) in [5.74, 6) is 0. The minimum absolute atomic E-state index is 0.754. The van der Waals surface area contributed by atoms with Crippen molar-refractivity contribution in [3.8, 4) is 22.4 Å². The van der Waals surface area contributed by atoms with Gasteiger partial charge in [0.25, 0.3) is 0 Å². The van der Waals surface area contributed by atoms with Crippen LogP contribution < -0.4 is 4.90 Å². The highest BCUT2D eigenvalue weighted by Gasteiger charge is 2.27. The molecule has 3 heterocycles. The monoisotopic (exact) mass is 420 g/mol. The second-order valence-corrected chi connectivity index (χ2v) is 9.07. The summed E-state index contributed by atoms with van der Waals surface area (Å²) in [6.07, 6.45) is 5.26. The van der Waals surface area contributed by atoms with Crippen LogP contribution in [0.5, 0.6) is 0 Å². The van der Waals surface area contributed by atoms with Crippen LogP contribution in [-0.4, -0.2) is 47.3 Å². The number of piperidine rings is 1. The van der Waals surface area contributed by atoms with Gasteiger partial charge in [0.2, 0.25) is 0 Å². The molecule has 0 bridgehead atoms. The number of rotatable bonds is 4. The molecular formula is C25H29ClN4. The number of nitrogens with one attached hydrogen (secondary N) is 1. The number of benzene rings is 2. The summed E-state index contributed by atoms with van der Waals surface area (Å²) in [6, 6.07) is 17.8. The van der Waals surface area contributed by atoms with Crippen molar-refractivity contribution in [1.82, 2.24) is 15.1 Å². The van der Waals surface area contributed by atoms with Gasteiger partial charge in [0.15, 0.2) is 0 Å². The van der Waals surface area contributed by atoms with E-state index in [0.717, 1.165) is 46.7 Å². The predicted molar refractivity (Wildman–Crippen MR) is 125 cm³/mol. The third kappa shape index (κ3) is 3.99. The van der Waals surface area contributed by atoms with E-state index in [1.165, 1.54) is 50.0 Å². The summed E-state index contributed by atoms with van der Waals surface area (Å²) in [5.41, 5.74) is 6.78. The SMILES string of the molecule is Cc1cc(-c2cc(N3CCC(N4CCCC4)CC3)ccc2-c2cccc(Cl)c2)n[nH]1. The molecule has 3 aromatic rings. The van der Waals surface area contributed by atoms with Crippen LogP contribution in [0, 0.1) is 6.92 Å². The van der Waals surface area contributed by atoms with Crippen molar-refractivity contribution in [2.24, 2.45) is 0 Å². The van der Waals surface area contributed by atoms with Gasteiger partial charge in [0.05, 0.1) is 5.69 Å². The highest BCUT2D eigenvalue weighted by Crippen LogP contribution is 2.36. The van der Waals surface area contributed by atoms with Gasteiger partial charge in [-0.15, -0.1) is 0 Å². The fourth-order valence-electron chi connectivity index (χ4n) is 5.00. The van der Waals surface area contributed by atoms with Crippen molar-refractivity contribution < 1.29 is 0 Å². The molecule has 0 spiro atoms. The molecule has 2 fully saturated rings. The molecule has 0 atom stereocenters. The number of aromatic nitrogens is 2. The highest BCUT2D eigenvalue weighted by molar-refractivity contribution is 6.30. The summed E-state index contributed by atoms with van der Waals surface area (Å²) in [6.45, 7) is 6.87.